The Hall–Kier alpha value is 1.18. The van der Waals surface area contributed by atoms with Crippen molar-refractivity contribution in [2.75, 3.05) is 26.4 Å². The van der Waals surface area contributed by atoms with E-state index in [4.69, 9.17) is 9.47 Å². The molecule has 1 saturated heterocycles. The molecule has 0 aromatic heterocycles. The summed E-state index contributed by atoms with van der Waals surface area (Å²) < 4.78 is 9.89. The van der Waals surface area contributed by atoms with Gasteiger partial charge in [0, 0.05) is 37.7 Å². The standard InChI is InChI=1S/C4H8O2.Ca/c1-2-6-4-3-5-1;/h1-4H2;. The van der Waals surface area contributed by atoms with E-state index in [1.54, 1.807) is 0 Å². The Morgan fingerprint density at radius 1 is 0.714 bits per heavy atom. The molecule has 1 aliphatic heterocycles. The zero-order valence-corrected chi connectivity index (χ0v) is 6.56. The Balaban J connectivity index is 0.000000360. The third-order valence-corrected chi connectivity index (χ3v) is 0.744. The van der Waals surface area contributed by atoms with Crippen LogP contribution in [-0.2, 0) is 9.47 Å². The van der Waals surface area contributed by atoms with Crippen LogP contribution in [0, 0.1) is 0 Å². The minimum atomic E-state index is 0. The smallest absolute Gasteiger partial charge is 0.0701 e. The maximum absolute atomic E-state index is 4.94. The average Bonchev–Trinajstić information content (AvgIpc) is 1.72. The molecular weight excluding hydrogens is 120 g/mol. The fourth-order valence-electron chi connectivity index (χ4n) is 0.440. The van der Waals surface area contributed by atoms with Gasteiger partial charge in [-0.1, -0.05) is 0 Å². The van der Waals surface area contributed by atoms with Gasteiger partial charge >= 0.3 is 0 Å². The first-order valence-corrected chi connectivity index (χ1v) is 2.15. The van der Waals surface area contributed by atoms with Gasteiger partial charge in [-0.2, -0.15) is 0 Å². The molecule has 0 saturated carbocycles. The minimum Gasteiger partial charge on any atom is -0.377 e. The van der Waals surface area contributed by atoms with Crippen molar-refractivity contribution in [3.63, 3.8) is 0 Å². The molecule has 1 heterocycles. The van der Waals surface area contributed by atoms with Gasteiger partial charge in [-0.25, -0.2) is 0 Å². The fourth-order valence-corrected chi connectivity index (χ4v) is 0.440. The largest absolute Gasteiger partial charge is 0.377 e. The fraction of sp³-hybridized carbons (Fsp3) is 1.00. The summed E-state index contributed by atoms with van der Waals surface area (Å²) in [5.41, 5.74) is 0. The second kappa shape index (κ2) is 5.32. The van der Waals surface area contributed by atoms with Crippen molar-refractivity contribution in [3.05, 3.63) is 0 Å². The summed E-state index contributed by atoms with van der Waals surface area (Å²) in [5, 5.41) is 0. The number of hydrogen-bond donors (Lipinski definition) is 0. The van der Waals surface area contributed by atoms with Crippen molar-refractivity contribution in [1.29, 1.82) is 0 Å². The Morgan fingerprint density at radius 2 is 1.00 bits per heavy atom. The average molecular weight is 128 g/mol. The number of hydrogen-bond acceptors (Lipinski definition) is 2. The number of ether oxygens (including phenoxy) is 2. The SMILES string of the molecule is C1COCCO1.[Ca]. The Morgan fingerprint density at radius 3 is 1.14 bits per heavy atom. The van der Waals surface area contributed by atoms with Gasteiger partial charge in [0.05, 0.1) is 26.4 Å². The molecule has 3 heteroatoms. The van der Waals surface area contributed by atoms with E-state index in [2.05, 4.69) is 0 Å². The molecule has 7 heavy (non-hydrogen) atoms. The third kappa shape index (κ3) is 3.74. The maximum Gasteiger partial charge on any atom is 0.0701 e. The van der Waals surface area contributed by atoms with Gasteiger partial charge in [0.15, 0.2) is 0 Å². The van der Waals surface area contributed by atoms with Crippen LogP contribution in [0.25, 0.3) is 0 Å². The molecule has 0 aliphatic carbocycles. The molecule has 0 amide bonds. The van der Waals surface area contributed by atoms with Crippen LogP contribution in [0.4, 0.5) is 0 Å². The van der Waals surface area contributed by atoms with E-state index in [-0.39, 0.29) is 37.7 Å². The molecule has 0 bridgehead atoms. The minimum absolute atomic E-state index is 0. The summed E-state index contributed by atoms with van der Waals surface area (Å²) in [5.74, 6) is 0. The summed E-state index contributed by atoms with van der Waals surface area (Å²) in [6.07, 6.45) is 0. The van der Waals surface area contributed by atoms with Gasteiger partial charge in [-0.3, -0.25) is 0 Å². The Bertz CT molecular complexity index is 25.2. The third-order valence-electron chi connectivity index (χ3n) is 0.744. The number of rotatable bonds is 0. The van der Waals surface area contributed by atoms with Crippen molar-refractivity contribution < 1.29 is 9.47 Å². The molecule has 2 radical (unpaired) electrons. The molecule has 2 nitrogen and oxygen atoms in total. The Kier molecular flexibility index (Phi) is 6.22. The van der Waals surface area contributed by atoms with Gasteiger partial charge in [-0.15, -0.1) is 0 Å². The van der Waals surface area contributed by atoms with Gasteiger partial charge in [0.2, 0.25) is 0 Å². The Labute approximate surface area is 73.2 Å². The van der Waals surface area contributed by atoms with Crippen LogP contribution in [-0.4, -0.2) is 64.2 Å². The molecule has 38 valence electrons. The molecule has 1 fully saturated rings. The summed E-state index contributed by atoms with van der Waals surface area (Å²) in [7, 11) is 0. The van der Waals surface area contributed by atoms with Crippen LogP contribution < -0.4 is 0 Å². The molecule has 0 N–H and O–H groups in total. The summed E-state index contributed by atoms with van der Waals surface area (Å²) in [6, 6.07) is 0. The van der Waals surface area contributed by atoms with Crippen LogP contribution in [0.15, 0.2) is 0 Å². The van der Waals surface area contributed by atoms with Crippen molar-refractivity contribution in [2.45, 2.75) is 0 Å². The molecule has 0 unspecified atom stereocenters. The first-order chi connectivity index (χ1) is 3.00. The summed E-state index contributed by atoms with van der Waals surface area (Å²) >= 11 is 0. The van der Waals surface area contributed by atoms with E-state index >= 15 is 0 Å². The second-order valence-corrected chi connectivity index (χ2v) is 1.22. The van der Waals surface area contributed by atoms with Crippen molar-refractivity contribution in [1.82, 2.24) is 0 Å². The van der Waals surface area contributed by atoms with Crippen molar-refractivity contribution >= 4 is 37.7 Å². The maximum atomic E-state index is 4.94. The van der Waals surface area contributed by atoms with Crippen LogP contribution in [0.3, 0.4) is 0 Å². The van der Waals surface area contributed by atoms with E-state index in [9.17, 15) is 0 Å². The van der Waals surface area contributed by atoms with Crippen molar-refractivity contribution in [3.8, 4) is 0 Å². The van der Waals surface area contributed by atoms with Gasteiger partial charge < -0.3 is 9.47 Å². The monoisotopic (exact) mass is 128 g/mol. The van der Waals surface area contributed by atoms with E-state index in [0.29, 0.717) is 0 Å². The first-order valence-electron chi connectivity index (χ1n) is 2.15. The van der Waals surface area contributed by atoms with Crippen molar-refractivity contribution in [2.24, 2.45) is 0 Å². The molecule has 0 aromatic carbocycles. The molecular formula is C4H8CaO2. The van der Waals surface area contributed by atoms with Gasteiger partial charge in [0.25, 0.3) is 0 Å². The first kappa shape index (κ1) is 8.18. The van der Waals surface area contributed by atoms with E-state index < -0.39 is 0 Å². The summed E-state index contributed by atoms with van der Waals surface area (Å²) in [4.78, 5) is 0. The van der Waals surface area contributed by atoms with Gasteiger partial charge in [-0.05, 0) is 0 Å². The predicted molar refractivity (Wildman–Crippen MR) is 27.4 cm³/mol. The quantitative estimate of drug-likeness (QED) is 0.415. The zero-order valence-electron chi connectivity index (χ0n) is 4.35. The van der Waals surface area contributed by atoms with Crippen LogP contribution in [0.2, 0.25) is 0 Å². The second-order valence-electron chi connectivity index (χ2n) is 1.22. The topological polar surface area (TPSA) is 18.5 Å². The van der Waals surface area contributed by atoms with Crippen LogP contribution in [0.5, 0.6) is 0 Å². The van der Waals surface area contributed by atoms with Crippen LogP contribution >= 0.6 is 0 Å². The molecule has 1 aliphatic rings. The molecule has 0 aromatic rings. The van der Waals surface area contributed by atoms with E-state index in [0.717, 1.165) is 26.4 Å². The molecule has 0 spiro atoms. The van der Waals surface area contributed by atoms with E-state index in [1.165, 1.54) is 0 Å². The van der Waals surface area contributed by atoms with Crippen LogP contribution in [0.1, 0.15) is 0 Å². The normalized spacial score (nSPS) is 20.6. The predicted octanol–water partition coefficient (Wildman–Crippen LogP) is -0.348. The molecule has 0 atom stereocenters. The summed E-state index contributed by atoms with van der Waals surface area (Å²) in [6.45, 7) is 3.11. The molecule has 1 rings (SSSR count). The zero-order chi connectivity index (χ0) is 4.24. The van der Waals surface area contributed by atoms with E-state index in [1.807, 2.05) is 0 Å². The van der Waals surface area contributed by atoms with Gasteiger partial charge in [0.1, 0.15) is 0 Å².